The molecule has 2 aromatic rings. The van der Waals surface area contributed by atoms with Gasteiger partial charge in [-0.05, 0) is 48.6 Å². The van der Waals surface area contributed by atoms with Crippen molar-refractivity contribution in [3.63, 3.8) is 0 Å². The lowest BCUT2D eigenvalue weighted by molar-refractivity contribution is 0.309. The molecular weight excluding hydrogens is 260 g/mol. The molecule has 1 aromatic carbocycles. The maximum absolute atomic E-state index is 5.62. The Morgan fingerprint density at radius 2 is 1.71 bits per heavy atom. The molecule has 0 amide bonds. The molecule has 0 unspecified atom stereocenters. The molecule has 0 aliphatic heterocycles. The average molecular weight is 280 g/mol. The van der Waals surface area contributed by atoms with Crippen LogP contribution in [0.25, 0.3) is 0 Å². The fourth-order valence-corrected chi connectivity index (χ4v) is 1.70. The molecule has 0 aliphatic rings. The van der Waals surface area contributed by atoms with E-state index in [0.29, 0.717) is 5.82 Å². The van der Waals surface area contributed by atoms with Gasteiger partial charge < -0.3 is 4.74 Å². The van der Waals surface area contributed by atoms with Crippen molar-refractivity contribution in [3.05, 3.63) is 53.6 Å². The number of aryl methyl sites for hydroxylation is 1. The highest BCUT2D eigenvalue weighted by molar-refractivity contribution is 5.40. The van der Waals surface area contributed by atoms with Crippen molar-refractivity contribution in [1.82, 2.24) is 9.97 Å². The number of hydrogen-bond donors (Lipinski definition) is 0. The van der Waals surface area contributed by atoms with Gasteiger partial charge in [-0.1, -0.05) is 26.2 Å². The minimum atomic E-state index is 0.551. The fraction of sp³-hybridized carbons (Fsp3) is 0.333. The number of nitrogens with zero attached hydrogens (tertiary/aromatic N) is 2. The quantitative estimate of drug-likeness (QED) is 0.620. The summed E-state index contributed by atoms with van der Waals surface area (Å²) >= 11 is 0. The fourth-order valence-electron chi connectivity index (χ4n) is 1.70. The molecule has 2 rings (SSSR count). The Bertz CT molecular complexity index is 606. The molecule has 0 N–H and O–H groups in total. The van der Waals surface area contributed by atoms with Gasteiger partial charge in [-0.25, -0.2) is 9.97 Å². The Kier molecular flexibility index (Phi) is 5.78. The maximum atomic E-state index is 5.62. The number of aromatic nitrogens is 2. The van der Waals surface area contributed by atoms with Gasteiger partial charge in [0.25, 0.3) is 0 Å². The predicted octanol–water partition coefficient (Wildman–Crippen LogP) is 3.62. The van der Waals surface area contributed by atoms with E-state index in [2.05, 4.69) is 35.7 Å². The summed E-state index contributed by atoms with van der Waals surface area (Å²) in [7, 11) is 0. The first-order chi connectivity index (χ1) is 10.3. The van der Waals surface area contributed by atoms with Crippen LogP contribution in [0.5, 0.6) is 5.75 Å². The third-order valence-corrected chi connectivity index (χ3v) is 3.05. The van der Waals surface area contributed by atoms with Gasteiger partial charge >= 0.3 is 0 Å². The van der Waals surface area contributed by atoms with Gasteiger partial charge in [0.15, 0.2) is 0 Å². The van der Waals surface area contributed by atoms with E-state index < -0.39 is 0 Å². The van der Waals surface area contributed by atoms with Crippen LogP contribution in [0.4, 0.5) is 0 Å². The number of rotatable bonds is 5. The first-order valence-electron chi connectivity index (χ1n) is 7.37. The number of hydrogen-bond acceptors (Lipinski definition) is 3. The van der Waals surface area contributed by atoms with Crippen molar-refractivity contribution >= 4 is 0 Å². The molecule has 0 atom stereocenters. The van der Waals surface area contributed by atoms with E-state index in [1.807, 2.05) is 36.7 Å². The summed E-state index contributed by atoms with van der Waals surface area (Å²) in [5.41, 5.74) is 2.05. The van der Waals surface area contributed by atoms with E-state index >= 15 is 0 Å². The van der Waals surface area contributed by atoms with Gasteiger partial charge in [0.2, 0.25) is 5.82 Å². The second kappa shape index (κ2) is 8.06. The normalized spacial score (nSPS) is 9.81. The molecule has 1 heterocycles. The molecule has 0 aliphatic carbocycles. The number of unbranched alkanes of at least 4 members (excludes halogenated alkanes) is 1. The minimum Gasteiger partial charge on any atom is -0.494 e. The van der Waals surface area contributed by atoms with Crippen LogP contribution in [0.1, 0.15) is 43.6 Å². The summed E-state index contributed by atoms with van der Waals surface area (Å²) in [6, 6.07) is 7.80. The second-order valence-electron chi connectivity index (χ2n) is 4.74. The molecule has 0 spiro atoms. The highest BCUT2D eigenvalue weighted by Crippen LogP contribution is 2.12. The van der Waals surface area contributed by atoms with Crippen molar-refractivity contribution in [1.29, 1.82) is 0 Å². The maximum Gasteiger partial charge on any atom is 0.205 e. The Morgan fingerprint density at radius 3 is 2.33 bits per heavy atom. The molecule has 0 fully saturated rings. The zero-order chi connectivity index (χ0) is 14.9. The Labute approximate surface area is 126 Å². The summed E-state index contributed by atoms with van der Waals surface area (Å²) < 4.78 is 5.62. The first kappa shape index (κ1) is 15.1. The lowest BCUT2D eigenvalue weighted by atomic mass is 10.2. The monoisotopic (exact) mass is 280 g/mol. The van der Waals surface area contributed by atoms with Gasteiger partial charge in [-0.3, -0.25) is 0 Å². The molecule has 21 heavy (non-hydrogen) atoms. The Balaban J connectivity index is 1.98. The van der Waals surface area contributed by atoms with Crippen LogP contribution in [0.3, 0.4) is 0 Å². The van der Waals surface area contributed by atoms with Crippen molar-refractivity contribution < 1.29 is 4.74 Å². The smallest absolute Gasteiger partial charge is 0.205 e. The lowest BCUT2D eigenvalue weighted by Gasteiger charge is -2.04. The average Bonchev–Trinajstić information content (AvgIpc) is 2.55. The van der Waals surface area contributed by atoms with Crippen LogP contribution in [-0.4, -0.2) is 16.6 Å². The van der Waals surface area contributed by atoms with Crippen LogP contribution in [0, 0.1) is 11.8 Å². The molecule has 3 heteroatoms. The molecule has 0 radical (unpaired) electrons. The SMILES string of the molecule is CCCCOc1ccc(C#Cc2ncc(CC)cn2)cc1. The molecule has 108 valence electrons. The number of benzene rings is 1. The zero-order valence-corrected chi connectivity index (χ0v) is 12.6. The van der Waals surface area contributed by atoms with Crippen molar-refractivity contribution in [3.8, 4) is 17.6 Å². The van der Waals surface area contributed by atoms with E-state index in [9.17, 15) is 0 Å². The molecule has 0 saturated carbocycles. The van der Waals surface area contributed by atoms with Crippen LogP contribution in [0.2, 0.25) is 0 Å². The zero-order valence-electron chi connectivity index (χ0n) is 12.6. The summed E-state index contributed by atoms with van der Waals surface area (Å²) in [5.74, 6) is 7.47. The predicted molar refractivity (Wildman–Crippen MR) is 84.2 cm³/mol. The Morgan fingerprint density at radius 1 is 1.00 bits per heavy atom. The molecule has 1 aromatic heterocycles. The topological polar surface area (TPSA) is 35.0 Å². The third-order valence-electron chi connectivity index (χ3n) is 3.05. The number of ether oxygens (including phenoxy) is 1. The second-order valence-corrected chi connectivity index (χ2v) is 4.74. The van der Waals surface area contributed by atoms with Gasteiger partial charge in [-0.15, -0.1) is 0 Å². The molecular formula is C18H20N2O. The summed E-state index contributed by atoms with van der Waals surface area (Å²) in [6.07, 6.45) is 6.80. The highest BCUT2D eigenvalue weighted by Gasteiger charge is 1.94. The van der Waals surface area contributed by atoms with E-state index in [0.717, 1.165) is 42.7 Å². The van der Waals surface area contributed by atoms with Crippen LogP contribution in [-0.2, 0) is 6.42 Å². The van der Waals surface area contributed by atoms with Crippen molar-refractivity contribution in [2.75, 3.05) is 6.61 Å². The van der Waals surface area contributed by atoms with Gasteiger partial charge in [0.1, 0.15) is 5.75 Å². The third kappa shape index (κ3) is 4.92. The highest BCUT2D eigenvalue weighted by atomic mass is 16.5. The van der Waals surface area contributed by atoms with Crippen LogP contribution in [0.15, 0.2) is 36.7 Å². The van der Waals surface area contributed by atoms with Crippen LogP contribution >= 0.6 is 0 Å². The van der Waals surface area contributed by atoms with Crippen LogP contribution < -0.4 is 4.74 Å². The summed E-state index contributed by atoms with van der Waals surface area (Å²) in [4.78, 5) is 8.45. The van der Waals surface area contributed by atoms with Gasteiger partial charge in [0, 0.05) is 18.0 Å². The van der Waals surface area contributed by atoms with E-state index in [1.165, 1.54) is 0 Å². The molecule has 0 bridgehead atoms. The van der Waals surface area contributed by atoms with E-state index in [4.69, 9.17) is 4.74 Å². The summed E-state index contributed by atoms with van der Waals surface area (Å²) in [6.45, 7) is 4.99. The molecule has 0 saturated heterocycles. The standard InChI is InChI=1S/C18H20N2O/c1-3-5-12-21-17-9-6-16(7-10-17)8-11-18-19-13-15(4-2)14-20-18/h6-7,9-10,13-14H,3-5,12H2,1-2H3. The Hall–Kier alpha value is -2.34. The first-order valence-corrected chi connectivity index (χ1v) is 7.37. The van der Waals surface area contributed by atoms with Gasteiger partial charge in [0.05, 0.1) is 6.61 Å². The largest absolute Gasteiger partial charge is 0.494 e. The van der Waals surface area contributed by atoms with Gasteiger partial charge in [-0.2, -0.15) is 0 Å². The summed E-state index contributed by atoms with van der Waals surface area (Å²) in [5, 5.41) is 0. The van der Waals surface area contributed by atoms with Crippen molar-refractivity contribution in [2.24, 2.45) is 0 Å². The molecule has 3 nitrogen and oxygen atoms in total. The van der Waals surface area contributed by atoms with E-state index in [1.54, 1.807) is 0 Å². The van der Waals surface area contributed by atoms with Crippen molar-refractivity contribution in [2.45, 2.75) is 33.1 Å². The van der Waals surface area contributed by atoms with E-state index in [-0.39, 0.29) is 0 Å². The lowest BCUT2D eigenvalue weighted by Crippen LogP contribution is -1.96. The minimum absolute atomic E-state index is 0.551.